The van der Waals surface area contributed by atoms with Crippen LogP contribution in [0.3, 0.4) is 0 Å². The summed E-state index contributed by atoms with van der Waals surface area (Å²) in [4.78, 5) is 0. The Kier molecular flexibility index (Phi) is 4.93. The van der Waals surface area contributed by atoms with Crippen LogP contribution in [0.25, 0.3) is 0 Å². The van der Waals surface area contributed by atoms with E-state index in [1.54, 1.807) is 13.0 Å². The molecule has 1 unspecified atom stereocenters. The fraction of sp³-hybridized carbons (Fsp3) is 0.250. The number of nitrogens with one attached hydrogen (secondary N) is 1. The standard InChI is InChI=1S/C16H17FIN/c1-3-19-16(13-6-4-5-7-15(13)18)12-9-8-11(2)14(17)10-12/h4-10,16,19H,3H2,1-2H3. The zero-order chi connectivity index (χ0) is 13.8. The summed E-state index contributed by atoms with van der Waals surface area (Å²) in [5.74, 6) is -0.147. The van der Waals surface area contributed by atoms with Crippen molar-refractivity contribution in [1.82, 2.24) is 5.32 Å². The van der Waals surface area contributed by atoms with Gasteiger partial charge < -0.3 is 5.32 Å². The van der Waals surface area contributed by atoms with Gasteiger partial charge in [-0.3, -0.25) is 0 Å². The highest BCUT2D eigenvalue weighted by molar-refractivity contribution is 14.1. The van der Waals surface area contributed by atoms with Crippen LogP contribution in [0.5, 0.6) is 0 Å². The lowest BCUT2D eigenvalue weighted by Gasteiger charge is -2.20. The van der Waals surface area contributed by atoms with Crippen molar-refractivity contribution in [2.75, 3.05) is 6.54 Å². The van der Waals surface area contributed by atoms with Crippen LogP contribution in [-0.2, 0) is 0 Å². The fourth-order valence-corrected chi connectivity index (χ4v) is 2.81. The van der Waals surface area contributed by atoms with E-state index in [0.717, 1.165) is 12.1 Å². The van der Waals surface area contributed by atoms with Crippen molar-refractivity contribution < 1.29 is 4.39 Å². The Morgan fingerprint density at radius 1 is 1.21 bits per heavy atom. The van der Waals surface area contributed by atoms with Crippen molar-refractivity contribution in [3.63, 3.8) is 0 Å². The van der Waals surface area contributed by atoms with E-state index in [-0.39, 0.29) is 11.9 Å². The van der Waals surface area contributed by atoms with Gasteiger partial charge in [-0.05, 0) is 64.9 Å². The normalized spacial score (nSPS) is 12.4. The molecule has 1 N–H and O–H groups in total. The second kappa shape index (κ2) is 6.48. The topological polar surface area (TPSA) is 12.0 Å². The van der Waals surface area contributed by atoms with E-state index in [0.29, 0.717) is 5.56 Å². The molecule has 0 aliphatic heterocycles. The molecule has 0 aliphatic carbocycles. The maximum Gasteiger partial charge on any atom is 0.126 e. The third-order valence-corrected chi connectivity index (χ3v) is 4.14. The quantitative estimate of drug-likeness (QED) is 0.786. The minimum Gasteiger partial charge on any atom is -0.306 e. The van der Waals surface area contributed by atoms with E-state index in [1.807, 2.05) is 24.3 Å². The molecule has 0 heterocycles. The van der Waals surface area contributed by atoms with Gasteiger partial charge in [0, 0.05) is 3.57 Å². The zero-order valence-corrected chi connectivity index (χ0v) is 13.2. The summed E-state index contributed by atoms with van der Waals surface area (Å²) in [7, 11) is 0. The predicted molar refractivity (Wildman–Crippen MR) is 85.8 cm³/mol. The molecule has 2 aromatic carbocycles. The van der Waals surface area contributed by atoms with Gasteiger partial charge in [0.25, 0.3) is 0 Å². The van der Waals surface area contributed by atoms with Gasteiger partial charge in [0.2, 0.25) is 0 Å². The van der Waals surface area contributed by atoms with Crippen molar-refractivity contribution in [2.45, 2.75) is 19.9 Å². The average Bonchev–Trinajstić information content (AvgIpc) is 2.40. The highest BCUT2D eigenvalue weighted by Gasteiger charge is 2.16. The molecule has 1 atom stereocenters. The number of hydrogen-bond donors (Lipinski definition) is 1. The van der Waals surface area contributed by atoms with E-state index < -0.39 is 0 Å². The molecule has 2 rings (SSSR count). The molecule has 0 saturated heterocycles. The lowest BCUT2D eigenvalue weighted by molar-refractivity contribution is 0.596. The van der Waals surface area contributed by atoms with Gasteiger partial charge in [0.05, 0.1) is 6.04 Å². The van der Waals surface area contributed by atoms with Crippen molar-refractivity contribution in [2.24, 2.45) is 0 Å². The van der Waals surface area contributed by atoms with Crippen LogP contribution >= 0.6 is 22.6 Å². The van der Waals surface area contributed by atoms with Gasteiger partial charge in [-0.2, -0.15) is 0 Å². The summed E-state index contributed by atoms with van der Waals surface area (Å²) in [6, 6.07) is 13.7. The largest absolute Gasteiger partial charge is 0.306 e. The monoisotopic (exact) mass is 369 g/mol. The zero-order valence-electron chi connectivity index (χ0n) is 11.1. The van der Waals surface area contributed by atoms with E-state index >= 15 is 0 Å². The van der Waals surface area contributed by atoms with Crippen molar-refractivity contribution in [3.05, 3.63) is 68.5 Å². The summed E-state index contributed by atoms with van der Waals surface area (Å²) in [5, 5.41) is 3.43. The number of hydrogen-bond acceptors (Lipinski definition) is 1. The van der Waals surface area contributed by atoms with Crippen molar-refractivity contribution in [3.8, 4) is 0 Å². The second-order valence-corrected chi connectivity index (χ2v) is 5.68. The Bertz CT molecular complexity index is 568. The Morgan fingerprint density at radius 3 is 2.58 bits per heavy atom. The van der Waals surface area contributed by atoms with E-state index in [9.17, 15) is 4.39 Å². The smallest absolute Gasteiger partial charge is 0.126 e. The molecule has 100 valence electrons. The number of benzene rings is 2. The van der Waals surface area contributed by atoms with Crippen LogP contribution < -0.4 is 5.32 Å². The molecule has 0 bridgehead atoms. The van der Waals surface area contributed by atoms with Crippen LogP contribution in [0.1, 0.15) is 29.7 Å². The molecular formula is C16H17FIN. The van der Waals surface area contributed by atoms with Crippen LogP contribution in [0, 0.1) is 16.3 Å². The molecule has 0 aliphatic rings. The minimum atomic E-state index is -0.147. The summed E-state index contributed by atoms with van der Waals surface area (Å²) < 4.78 is 15.0. The van der Waals surface area contributed by atoms with E-state index in [2.05, 4.69) is 47.0 Å². The predicted octanol–water partition coefficient (Wildman–Crippen LogP) is 4.44. The first kappa shape index (κ1) is 14.5. The first-order valence-corrected chi connectivity index (χ1v) is 7.45. The lowest BCUT2D eigenvalue weighted by Crippen LogP contribution is -2.23. The SMILES string of the molecule is CCNC(c1ccc(C)c(F)c1)c1ccccc1I. The summed E-state index contributed by atoms with van der Waals surface area (Å²) in [6.45, 7) is 4.69. The first-order valence-electron chi connectivity index (χ1n) is 6.37. The Labute approximate surface area is 127 Å². The third-order valence-electron chi connectivity index (χ3n) is 3.15. The molecular weight excluding hydrogens is 352 g/mol. The number of aryl methyl sites for hydroxylation is 1. The maximum atomic E-state index is 13.8. The summed E-state index contributed by atoms with van der Waals surface area (Å²) >= 11 is 2.32. The number of halogens is 2. The maximum absolute atomic E-state index is 13.8. The first-order chi connectivity index (χ1) is 9.13. The molecule has 3 heteroatoms. The lowest BCUT2D eigenvalue weighted by atomic mass is 9.97. The van der Waals surface area contributed by atoms with Crippen molar-refractivity contribution in [1.29, 1.82) is 0 Å². The van der Waals surface area contributed by atoms with E-state index in [4.69, 9.17) is 0 Å². The van der Waals surface area contributed by atoms with Crippen LogP contribution in [0.15, 0.2) is 42.5 Å². The Balaban J connectivity index is 2.45. The van der Waals surface area contributed by atoms with Gasteiger partial charge in [0.1, 0.15) is 5.82 Å². The van der Waals surface area contributed by atoms with Crippen LogP contribution in [0.4, 0.5) is 4.39 Å². The summed E-state index contributed by atoms with van der Waals surface area (Å²) in [6.07, 6.45) is 0. The van der Waals surface area contributed by atoms with Gasteiger partial charge >= 0.3 is 0 Å². The van der Waals surface area contributed by atoms with Gasteiger partial charge in [-0.1, -0.05) is 37.3 Å². The second-order valence-electron chi connectivity index (χ2n) is 4.52. The van der Waals surface area contributed by atoms with Gasteiger partial charge in [-0.15, -0.1) is 0 Å². The third kappa shape index (κ3) is 3.34. The molecule has 2 aromatic rings. The molecule has 0 radical (unpaired) electrons. The molecule has 1 nitrogen and oxygen atoms in total. The van der Waals surface area contributed by atoms with E-state index in [1.165, 1.54) is 9.13 Å². The van der Waals surface area contributed by atoms with Crippen LogP contribution in [-0.4, -0.2) is 6.54 Å². The molecule has 0 fully saturated rings. The molecule has 0 spiro atoms. The fourth-order valence-electron chi connectivity index (χ4n) is 2.11. The van der Waals surface area contributed by atoms with Gasteiger partial charge in [-0.25, -0.2) is 4.39 Å². The summed E-state index contributed by atoms with van der Waals surface area (Å²) in [5.41, 5.74) is 2.84. The Hall–Kier alpha value is -0.940. The van der Waals surface area contributed by atoms with Crippen molar-refractivity contribution >= 4 is 22.6 Å². The average molecular weight is 369 g/mol. The van der Waals surface area contributed by atoms with Gasteiger partial charge in [0.15, 0.2) is 0 Å². The Morgan fingerprint density at radius 2 is 1.95 bits per heavy atom. The molecule has 19 heavy (non-hydrogen) atoms. The molecule has 0 saturated carbocycles. The molecule has 0 aromatic heterocycles. The molecule has 0 amide bonds. The van der Waals surface area contributed by atoms with Crippen LogP contribution in [0.2, 0.25) is 0 Å². The number of rotatable bonds is 4. The minimum absolute atomic E-state index is 0.0354. The highest BCUT2D eigenvalue weighted by atomic mass is 127. The highest BCUT2D eigenvalue weighted by Crippen LogP contribution is 2.27.